The fourth-order valence-corrected chi connectivity index (χ4v) is 12.1. The van der Waals surface area contributed by atoms with Gasteiger partial charge in [-0.25, -0.2) is 13.8 Å². The first-order valence-electron chi connectivity index (χ1n) is 23.8. The fourth-order valence-electron chi connectivity index (χ4n) is 10.3. The summed E-state index contributed by atoms with van der Waals surface area (Å²) >= 11 is 3.61. The Morgan fingerprint density at radius 2 is 1.60 bits per heavy atom. The van der Waals surface area contributed by atoms with Gasteiger partial charge in [0.25, 0.3) is 11.8 Å². The van der Waals surface area contributed by atoms with Gasteiger partial charge >= 0.3 is 0 Å². The first-order valence-corrected chi connectivity index (χ1v) is 27.2. The lowest BCUT2D eigenvalue weighted by molar-refractivity contribution is -0.136. The van der Waals surface area contributed by atoms with Gasteiger partial charge in [-0.1, -0.05) is 30.3 Å². The Labute approximate surface area is 422 Å². The zero-order chi connectivity index (χ0) is 50.6. The third-order valence-corrected chi connectivity index (χ3v) is 16.3. The maximum absolute atomic E-state index is 16.5. The SMILES string of the molecule is COc1cc(N2CCN(CCC3(F)CCN(c4cc5c(cc4F)C(=O)N(C4CCC(=O)NC4=O)C5=O)CC3)CC2)c(-c2cnn(C)c2)cc1Nc1ncc(Br)c(Nc2ccc3ccccc3c2P(C)(C)=O)n1. The Bertz CT molecular complexity index is 3220. The quantitative estimate of drug-likeness (QED) is 0.0758. The highest BCUT2D eigenvalue weighted by Gasteiger charge is 2.46. The van der Waals surface area contributed by atoms with E-state index in [0.29, 0.717) is 72.5 Å². The number of amides is 4. The second kappa shape index (κ2) is 19.3. The van der Waals surface area contributed by atoms with E-state index in [0.717, 1.165) is 43.9 Å². The van der Waals surface area contributed by atoms with Crippen molar-refractivity contribution in [3.05, 3.63) is 101 Å². The van der Waals surface area contributed by atoms with Gasteiger partial charge in [-0.15, -0.1) is 0 Å². The van der Waals surface area contributed by atoms with E-state index in [1.165, 1.54) is 6.07 Å². The number of carbonyl (C=O) groups excluding carboxylic acids is 4. The Morgan fingerprint density at radius 3 is 2.29 bits per heavy atom. The first-order chi connectivity index (χ1) is 34.5. The van der Waals surface area contributed by atoms with E-state index in [4.69, 9.17) is 9.72 Å². The van der Waals surface area contributed by atoms with Crippen molar-refractivity contribution in [1.29, 1.82) is 0 Å². The summed E-state index contributed by atoms with van der Waals surface area (Å²) in [6.07, 6.45) is 6.00. The fraction of sp³-hybridized carbons (Fsp3) is 0.353. The van der Waals surface area contributed by atoms with Crippen molar-refractivity contribution < 1.29 is 37.3 Å². The van der Waals surface area contributed by atoms with E-state index in [1.54, 1.807) is 36.2 Å². The van der Waals surface area contributed by atoms with Crippen LogP contribution in [-0.4, -0.2) is 131 Å². The third kappa shape index (κ3) is 9.54. The van der Waals surface area contributed by atoms with E-state index >= 15 is 8.78 Å². The van der Waals surface area contributed by atoms with E-state index in [-0.39, 0.29) is 55.6 Å². The summed E-state index contributed by atoms with van der Waals surface area (Å²) in [5, 5.41) is 16.1. The van der Waals surface area contributed by atoms with Gasteiger partial charge in [-0.3, -0.25) is 39.0 Å². The molecule has 3 fully saturated rings. The Kier molecular flexibility index (Phi) is 13.1. The molecule has 0 aliphatic carbocycles. The van der Waals surface area contributed by atoms with Crippen molar-refractivity contribution in [1.82, 2.24) is 34.9 Å². The van der Waals surface area contributed by atoms with Crippen molar-refractivity contribution in [2.45, 2.75) is 43.8 Å². The molecule has 21 heteroatoms. The molecule has 2 aromatic heterocycles. The monoisotopic (exact) mass is 1060 g/mol. The number of ether oxygens (including phenoxy) is 1. The maximum Gasteiger partial charge on any atom is 0.262 e. The summed E-state index contributed by atoms with van der Waals surface area (Å²) in [5.74, 6) is -2.09. The second-order valence-corrected chi connectivity index (χ2v) is 23.2. The number of piperazine rings is 1. The minimum absolute atomic E-state index is 0.00677. The summed E-state index contributed by atoms with van der Waals surface area (Å²) < 4.78 is 54.1. The van der Waals surface area contributed by atoms with Crippen molar-refractivity contribution in [2.24, 2.45) is 7.05 Å². The third-order valence-electron chi connectivity index (χ3n) is 14.1. The van der Waals surface area contributed by atoms with Crippen LogP contribution in [0.5, 0.6) is 5.75 Å². The van der Waals surface area contributed by atoms with Crippen molar-refractivity contribution >= 4 is 97.3 Å². The number of fused-ring (bicyclic) bond motifs is 2. The molecule has 72 heavy (non-hydrogen) atoms. The predicted octanol–water partition coefficient (Wildman–Crippen LogP) is 7.60. The highest BCUT2D eigenvalue weighted by Crippen LogP contribution is 2.44. The van der Waals surface area contributed by atoms with Crippen LogP contribution in [0.4, 0.5) is 43.3 Å². The number of aromatic nitrogens is 4. The number of nitrogens with one attached hydrogen (secondary N) is 3. The number of hydrogen-bond acceptors (Lipinski definition) is 14. The Morgan fingerprint density at radius 1 is 0.875 bits per heavy atom. The topological polar surface area (TPSA) is 187 Å². The van der Waals surface area contributed by atoms with Gasteiger partial charge in [0.15, 0.2) is 0 Å². The molecular formula is C51H53BrF2N11O6P. The number of halogens is 3. The number of imide groups is 2. The van der Waals surface area contributed by atoms with Gasteiger partial charge in [0.1, 0.15) is 36.2 Å². The summed E-state index contributed by atoms with van der Waals surface area (Å²) in [4.78, 5) is 67.3. The Hall–Kier alpha value is -6.76. The lowest BCUT2D eigenvalue weighted by Crippen LogP contribution is -2.54. The molecule has 4 aromatic carbocycles. The first kappa shape index (κ1) is 48.8. The molecular weight excluding hydrogens is 1010 g/mol. The van der Waals surface area contributed by atoms with E-state index in [1.807, 2.05) is 68.0 Å². The highest BCUT2D eigenvalue weighted by molar-refractivity contribution is 9.10. The van der Waals surface area contributed by atoms with Crippen molar-refractivity contribution in [3.8, 4) is 16.9 Å². The number of rotatable bonds is 13. The maximum atomic E-state index is 16.5. The summed E-state index contributed by atoms with van der Waals surface area (Å²) in [7, 11) is 0.734. The molecule has 6 aromatic rings. The van der Waals surface area contributed by atoms with Crippen LogP contribution >= 0.6 is 23.1 Å². The zero-order valence-corrected chi connectivity index (χ0v) is 42.7. The van der Waals surface area contributed by atoms with Crippen LogP contribution in [0.2, 0.25) is 0 Å². The molecule has 374 valence electrons. The van der Waals surface area contributed by atoms with E-state index in [2.05, 4.69) is 51.8 Å². The number of nitrogens with zero attached hydrogens (tertiary/aromatic N) is 8. The number of carbonyl (C=O) groups is 4. The molecule has 1 atom stereocenters. The standard InChI is InChI=1S/C51H53BrF2N11O6P/c1-61-29-31(27-56-61)33-24-39(58-50-55-28-36(52)46(60-50)57-38-10-9-30-7-5-6-8-32(30)45(38)72(3,4)70)43(71-2)26-41(33)64-21-19-62(20-22-64)16-13-51(54)14-17-63(18-15-51)42-25-35-34(23-37(42)53)48(68)65(49(35)69)40-11-12-44(66)59-47(40)67/h5-10,23-29,40H,11-22H2,1-4H3,(H,59,66,67)(H2,55,57,58,60). The van der Waals surface area contributed by atoms with Crippen LogP contribution in [0.1, 0.15) is 52.8 Å². The number of benzene rings is 4. The average Bonchev–Trinajstić information content (AvgIpc) is 3.90. The summed E-state index contributed by atoms with van der Waals surface area (Å²) in [6, 6.07) is 17.0. The summed E-state index contributed by atoms with van der Waals surface area (Å²) in [5.41, 5.74) is 2.53. The minimum atomic E-state index is -2.74. The predicted molar refractivity (Wildman–Crippen MR) is 276 cm³/mol. The largest absolute Gasteiger partial charge is 0.494 e. The Balaban J connectivity index is 0.794. The van der Waals surface area contributed by atoms with Crippen LogP contribution in [-0.2, 0) is 21.2 Å². The van der Waals surface area contributed by atoms with Crippen LogP contribution in [0, 0.1) is 5.82 Å². The lowest BCUT2D eigenvalue weighted by Gasteiger charge is -2.41. The molecule has 4 aliphatic heterocycles. The number of piperidine rings is 2. The lowest BCUT2D eigenvalue weighted by atomic mass is 9.89. The van der Waals surface area contributed by atoms with Gasteiger partial charge in [-0.2, -0.15) is 10.1 Å². The zero-order valence-electron chi connectivity index (χ0n) is 40.2. The number of alkyl halides is 1. The van der Waals surface area contributed by atoms with Crippen LogP contribution in [0.3, 0.4) is 0 Å². The number of methoxy groups -OCH3 is 1. The van der Waals surface area contributed by atoms with Gasteiger partial charge in [0, 0.05) is 99.9 Å². The van der Waals surface area contributed by atoms with Gasteiger partial charge < -0.3 is 29.7 Å². The molecule has 4 aliphatic rings. The molecule has 1 unspecified atom stereocenters. The smallest absolute Gasteiger partial charge is 0.262 e. The summed E-state index contributed by atoms with van der Waals surface area (Å²) in [6.45, 7) is 7.19. The molecule has 0 radical (unpaired) electrons. The molecule has 10 rings (SSSR count). The van der Waals surface area contributed by atoms with Crippen LogP contribution in [0.15, 0.2) is 83.7 Å². The van der Waals surface area contributed by atoms with Crippen LogP contribution in [0.25, 0.3) is 21.9 Å². The van der Waals surface area contributed by atoms with E-state index < -0.39 is 48.3 Å². The highest BCUT2D eigenvalue weighted by atomic mass is 79.9. The number of hydrogen-bond donors (Lipinski definition) is 3. The molecule has 4 amide bonds. The van der Waals surface area contributed by atoms with Gasteiger partial charge in [0.2, 0.25) is 17.8 Å². The molecule has 17 nitrogen and oxygen atoms in total. The molecule has 6 heterocycles. The molecule has 0 spiro atoms. The average molecular weight is 1060 g/mol. The van der Waals surface area contributed by atoms with Crippen LogP contribution < -0.4 is 35.8 Å². The molecule has 3 saturated heterocycles. The van der Waals surface area contributed by atoms with Crippen molar-refractivity contribution in [3.63, 3.8) is 0 Å². The molecule has 0 saturated carbocycles. The number of aryl methyl sites for hydroxylation is 1. The number of anilines is 6. The molecule has 0 bridgehead atoms. The van der Waals surface area contributed by atoms with Gasteiger partial charge in [-0.05, 0) is 90.0 Å². The van der Waals surface area contributed by atoms with Gasteiger partial charge in [0.05, 0.1) is 46.0 Å². The minimum Gasteiger partial charge on any atom is -0.494 e. The second-order valence-electron chi connectivity index (χ2n) is 19.2. The molecule has 3 N–H and O–H groups in total. The van der Waals surface area contributed by atoms with Crippen molar-refractivity contribution in [2.75, 3.05) is 86.7 Å². The normalized spacial score (nSPS) is 18.4. The van der Waals surface area contributed by atoms with E-state index in [9.17, 15) is 23.7 Å².